The summed E-state index contributed by atoms with van der Waals surface area (Å²) in [6.07, 6.45) is -0.00667. The maximum Gasteiger partial charge on any atom is 0.407 e. The van der Waals surface area contributed by atoms with Crippen molar-refractivity contribution in [3.8, 4) is 11.5 Å². The van der Waals surface area contributed by atoms with Crippen LogP contribution in [0.5, 0.6) is 11.5 Å². The minimum absolute atomic E-state index is 0.0645. The highest BCUT2D eigenvalue weighted by atomic mass is 16.6. The van der Waals surface area contributed by atoms with Gasteiger partial charge in [-0.3, -0.25) is 4.79 Å². The van der Waals surface area contributed by atoms with Crippen molar-refractivity contribution in [1.82, 2.24) is 5.32 Å². The van der Waals surface area contributed by atoms with E-state index in [1.807, 2.05) is 0 Å². The quantitative estimate of drug-likeness (QED) is 0.707. The predicted molar refractivity (Wildman–Crippen MR) is 88.4 cm³/mol. The van der Waals surface area contributed by atoms with Crippen LogP contribution in [0.1, 0.15) is 39.2 Å². The number of rotatable bonds is 8. The normalized spacial score (nSPS) is 10.8. The Kier molecular flexibility index (Phi) is 7.35. The van der Waals surface area contributed by atoms with Crippen LogP contribution < -0.4 is 14.8 Å². The highest BCUT2D eigenvalue weighted by Crippen LogP contribution is 2.25. The zero-order chi connectivity index (χ0) is 18.2. The van der Waals surface area contributed by atoms with Crippen LogP contribution in [0.4, 0.5) is 4.79 Å². The molecule has 0 saturated heterocycles. The molecule has 1 rings (SSSR count). The van der Waals surface area contributed by atoms with Gasteiger partial charge in [-0.1, -0.05) is 0 Å². The second kappa shape index (κ2) is 9.00. The Hall–Kier alpha value is -2.44. The number of ether oxygens (including phenoxy) is 3. The van der Waals surface area contributed by atoms with Crippen molar-refractivity contribution >= 4 is 12.1 Å². The monoisotopic (exact) mass is 339 g/mol. The van der Waals surface area contributed by atoms with E-state index in [9.17, 15) is 9.59 Å². The number of hydrogen-bond acceptors (Lipinski definition) is 5. The molecular weight excluding hydrogens is 314 g/mol. The fraction of sp³-hybridized carbons (Fsp3) is 0.529. The number of aliphatic carboxylic acids is 1. The number of alkyl carbamates (subject to hydrolysis) is 1. The van der Waals surface area contributed by atoms with Gasteiger partial charge in [0.2, 0.25) is 0 Å². The molecule has 0 radical (unpaired) electrons. The van der Waals surface area contributed by atoms with Gasteiger partial charge < -0.3 is 24.6 Å². The number of carbonyl (C=O) groups excluding carboxylic acids is 1. The van der Waals surface area contributed by atoms with E-state index in [2.05, 4.69) is 5.32 Å². The SMILES string of the molecule is COc1cc(OCCCC(=O)O)ccc1CNC(=O)OC(C)(C)C. The number of nitrogens with one attached hydrogen (secondary N) is 1. The molecule has 1 aromatic rings. The summed E-state index contributed by atoms with van der Waals surface area (Å²) in [7, 11) is 1.53. The van der Waals surface area contributed by atoms with E-state index in [0.717, 1.165) is 5.56 Å². The molecule has 0 fully saturated rings. The topological polar surface area (TPSA) is 94.1 Å². The summed E-state index contributed by atoms with van der Waals surface area (Å²) in [6.45, 7) is 5.96. The molecule has 0 heterocycles. The van der Waals surface area contributed by atoms with Crippen molar-refractivity contribution in [2.75, 3.05) is 13.7 Å². The summed E-state index contributed by atoms with van der Waals surface area (Å²) in [5.41, 5.74) is 0.225. The molecule has 0 aliphatic carbocycles. The average Bonchev–Trinajstić information content (AvgIpc) is 2.48. The van der Waals surface area contributed by atoms with Crippen LogP contribution in [-0.2, 0) is 16.1 Å². The molecule has 0 saturated carbocycles. The molecule has 24 heavy (non-hydrogen) atoms. The number of amides is 1. The first-order valence-corrected chi connectivity index (χ1v) is 7.69. The van der Waals surface area contributed by atoms with Crippen molar-refractivity contribution in [3.05, 3.63) is 23.8 Å². The van der Waals surface area contributed by atoms with Crippen LogP contribution in [0.2, 0.25) is 0 Å². The fourth-order valence-corrected chi connectivity index (χ4v) is 1.86. The minimum Gasteiger partial charge on any atom is -0.496 e. The molecule has 0 unspecified atom stereocenters. The Labute approximate surface area is 141 Å². The maximum absolute atomic E-state index is 11.7. The Morgan fingerprint density at radius 1 is 1.25 bits per heavy atom. The molecule has 0 aliphatic rings. The summed E-state index contributed by atoms with van der Waals surface area (Å²) < 4.78 is 16.0. The van der Waals surface area contributed by atoms with Gasteiger partial charge in [0.05, 0.1) is 13.7 Å². The summed E-state index contributed by atoms with van der Waals surface area (Å²) >= 11 is 0. The lowest BCUT2D eigenvalue weighted by Gasteiger charge is -2.20. The molecule has 0 aliphatic heterocycles. The Morgan fingerprint density at radius 3 is 2.54 bits per heavy atom. The van der Waals surface area contributed by atoms with Crippen LogP contribution >= 0.6 is 0 Å². The van der Waals surface area contributed by atoms with Crippen molar-refractivity contribution in [1.29, 1.82) is 0 Å². The summed E-state index contributed by atoms with van der Waals surface area (Å²) in [4.78, 5) is 22.1. The first-order chi connectivity index (χ1) is 11.2. The van der Waals surface area contributed by atoms with E-state index in [1.54, 1.807) is 39.0 Å². The van der Waals surface area contributed by atoms with Gasteiger partial charge in [-0.15, -0.1) is 0 Å². The van der Waals surface area contributed by atoms with Crippen LogP contribution in [0.25, 0.3) is 0 Å². The van der Waals surface area contributed by atoms with Crippen LogP contribution in [-0.4, -0.2) is 36.5 Å². The molecule has 0 spiro atoms. The van der Waals surface area contributed by atoms with Gasteiger partial charge in [-0.2, -0.15) is 0 Å². The van der Waals surface area contributed by atoms with E-state index in [4.69, 9.17) is 19.3 Å². The van der Waals surface area contributed by atoms with Crippen molar-refractivity contribution < 1.29 is 28.9 Å². The Morgan fingerprint density at radius 2 is 1.96 bits per heavy atom. The molecule has 7 heteroatoms. The van der Waals surface area contributed by atoms with Gasteiger partial charge in [0, 0.05) is 24.6 Å². The first-order valence-electron chi connectivity index (χ1n) is 7.69. The van der Waals surface area contributed by atoms with Crippen molar-refractivity contribution in [3.63, 3.8) is 0 Å². The molecule has 134 valence electrons. The zero-order valence-electron chi connectivity index (χ0n) is 14.5. The zero-order valence-corrected chi connectivity index (χ0v) is 14.5. The van der Waals surface area contributed by atoms with Crippen LogP contribution in [0.3, 0.4) is 0 Å². The third-order valence-corrected chi connectivity index (χ3v) is 2.88. The number of carbonyl (C=O) groups is 2. The van der Waals surface area contributed by atoms with E-state index in [-0.39, 0.29) is 13.0 Å². The molecule has 0 atom stereocenters. The molecular formula is C17H25NO6. The van der Waals surface area contributed by atoms with Gasteiger partial charge in [0.1, 0.15) is 17.1 Å². The maximum atomic E-state index is 11.7. The van der Waals surface area contributed by atoms with E-state index in [0.29, 0.717) is 24.5 Å². The third-order valence-electron chi connectivity index (χ3n) is 2.88. The summed E-state index contributed by atoms with van der Waals surface area (Å²) in [5.74, 6) is 0.305. The number of hydrogen-bond donors (Lipinski definition) is 2. The second-order valence-electron chi connectivity index (χ2n) is 6.17. The lowest BCUT2D eigenvalue weighted by molar-refractivity contribution is -0.137. The van der Waals surface area contributed by atoms with Gasteiger partial charge in [0.25, 0.3) is 0 Å². The lowest BCUT2D eigenvalue weighted by atomic mass is 10.2. The first kappa shape index (κ1) is 19.6. The van der Waals surface area contributed by atoms with E-state index >= 15 is 0 Å². The second-order valence-corrected chi connectivity index (χ2v) is 6.17. The molecule has 0 aromatic heterocycles. The molecule has 7 nitrogen and oxygen atoms in total. The molecule has 1 amide bonds. The van der Waals surface area contributed by atoms with Gasteiger partial charge in [-0.05, 0) is 39.3 Å². The number of methoxy groups -OCH3 is 1. The highest BCUT2D eigenvalue weighted by Gasteiger charge is 2.16. The van der Waals surface area contributed by atoms with Crippen molar-refractivity contribution in [2.45, 2.75) is 45.8 Å². The standard InChI is InChI=1S/C17H25NO6/c1-17(2,3)24-16(21)18-11-12-7-8-13(10-14(12)22-4)23-9-5-6-15(19)20/h7-8,10H,5-6,9,11H2,1-4H3,(H,18,21)(H,19,20). The third kappa shape index (κ3) is 7.71. The molecule has 0 bridgehead atoms. The predicted octanol–water partition coefficient (Wildman–Crippen LogP) is 2.96. The fourth-order valence-electron chi connectivity index (χ4n) is 1.86. The van der Waals surface area contributed by atoms with Crippen molar-refractivity contribution in [2.24, 2.45) is 0 Å². The minimum atomic E-state index is -0.847. The van der Waals surface area contributed by atoms with Gasteiger partial charge in [0.15, 0.2) is 0 Å². The lowest BCUT2D eigenvalue weighted by Crippen LogP contribution is -2.32. The van der Waals surface area contributed by atoms with Crippen LogP contribution in [0.15, 0.2) is 18.2 Å². The molecule has 2 N–H and O–H groups in total. The highest BCUT2D eigenvalue weighted by molar-refractivity contribution is 5.68. The molecule has 1 aromatic carbocycles. The number of carboxylic acids is 1. The number of benzene rings is 1. The van der Waals surface area contributed by atoms with Gasteiger partial charge >= 0.3 is 12.1 Å². The van der Waals surface area contributed by atoms with E-state index < -0.39 is 17.7 Å². The Bertz CT molecular complexity index is 565. The summed E-state index contributed by atoms with van der Waals surface area (Å²) in [5, 5.41) is 11.3. The smallest absolute Gasteiger partial charge is 0.407 e. The Balaban J connectivity index is 2.57. The largest absolute Gasteiger partial charge is 0.496 e. The van der Waals surface area contributed by atoms with E-state index in [1.165, 1.54) is 7.11 Å². The number of carboxylic acid groups (broad SMARTS) is 1. The average molecular weight is 339 g/mol. The van der Waals surface area contributed by atoms with Gasteiger partial charge in [-0.25, -0.2) is 4.79 Å². The summed E-state index contributed by atoms with van der Waals surface area (Å²) in [6, 6.07) is 5.23. The van der Waals surface area contributed by atoms with Crippen LogP contribution in [0, 0.1) is 0 Å².